The predicted octanol–water partition coefficient (Wildman–Crippen LogP) is 1.46. The molecular weight excluding hydrogens is 342 g/mol. The van der Waals surface area contributed by atoms with Crippen LogP contribution >= 0.6 is 23.1 Å². The second-order valence-corrected chi connectivity index (χ2v) is 6.32. The Hall–Kier alpha value is -2.60. The maximum absolute atomic E-state index is 11.9. The predicted molar refractivity (Wildman–Crippen MR) is 84.4 cm³/mol. The lowest BCUT2D eigenvalue weighted by molar-refractivity contribution is -0.384. The van der Waals surface area contributed by atoms with Crippen LogP contribution < -0.4 is 5.32 Å². The molecule has 0 spiro atoms. The molecule has 0 radical (unpaired) electrons. The first kappa shape index (κ1) is 15.3. The number of nitrogens with one attached hydrogen (secondary N) is 1. The van der Waals surface area contributed by atoms with E-state index in [9.17, 15) is 14.9 Å². The molecule has 1 N–H and O–H groups in total. The van der Waals surface area contributed by atoms with E-state index in [-0.39, 0.29) is 17.3 Å². The molecule has 1 amide bonds. The highest BCUT2D eigenvalue weighted by molar-refractivity contribution is 7.99. The second-order valence-electron chi connectivity index (χ2n) is 4.35. The van der Waals surface area contributed by atoms with Crippen LogP contribution in [0, 0.1) is 10.1 Å². The minimum Gasteiger partial charge on any atom is -0.301 e. The molecule has 0 saturated carbocycles. The van der Waals surface area contributed by atoms with E-state index >= 15 is 0 Å². The van der Waals surface area contributed by atoms with Gasteiger partial charge in [0.1, 0.15) is 0 Å². The Balaban J connectivity index is 1.67. The number of fused-ring (bicyclic) bond motifs is 1. The van der Waals surface area contributed by atoms with Crippen LogP contribution in [-0.2, 0) is 11.8 Å². The van der Waals surface area contributed by atoms with Gasteiger partial charge in [-0.3, -0.25) is 14.9 Å². The number of hydrogen-bond acceptors (Lipinski definition) is 9. The molecule has 0 aliphatic rings. The van der Waals surface area contributed by atoms with Crippen molar-refractivity contribution in [3.8, 4) is 0 Å². The minimum atomic E-state index is -0.469. The van der Waals surface area contributed by atoms with Gasteiger partial charge in [-0.15, -0.1) is 5.10 Å². The summed E-state index contributed by atoms with van der Waals surface area (Å²) in [7, 11) is 1.68. The average molecular weight is 351 g/mol. The lowest BCUT2D eigenvalue weighted by Gasteiger charge is -2.00. The molecule has 3 rings (SSSR count). The van der Waals surface area contributed by atoms with Crippen molar-refractivity contribution in [2.24, 2.45) is 7.05 Å². The van der Waals surface area contributed by atoms with Crippen LogP contribution in [-0.4, -0.2) is 41.8 Å². The number of rotatable bonds is 5. The topological polar surface area (TPSA) is 129 Å². The number of amides is 1. The number of nitro groups is 1. The van der Waals surface area contributed by atoms with E-state index in [2.05, 4.69) is 25.8 Å². The van der Waals surface area contributed by atoms with Gasteiger partial charge in [0.15, 0.2) is 5.13 Å². The smallest absolute Gasteiger partial charge is 0.270 e. The number of thiazole rings is 1. The molecule has 118 valence electrons. The molecule has 2 heterocycles. The van der Waals surface area contributed by atoms with E-state index < -0.39 is 4.92 Å². The molecule has 23 heavy (non-hydrogen) atoms. The Morgan fingerprint density at radius 3 is 3.04 bits per heavy atom. The van der Waals surface area contributed by atoms with Gasteiger partial charge in [0.25, 0.3) is 5.69 Å². The molecular formula is C11H9N7O3S2. The number of hydrogen-bond donors (Lipinski definition) is 1. The van der Waals surface area contributed by atoms with Gasteiger partial charge in [0.2, 0.25) is 11.1 Å². The van der Waals surface area contributed by atoms with E-state index in [1.807, 2.05) is 0 Å². The van der Waals surface area contributed by atoms with Gasteiger partial charge in [0, 0.05) is 19.2 Å². The zero-order valence-corrected chi connectivity index (χ0v) is 13.3. The van der Waals surface area contributed by atoms with Crippen LogP contribution in [0.3, 0.4) is 0 Å². The van der Waals surface area contributed by atoms with E-state index in [0.29, 0.717) is 20.5 Å². The van der Waals surface area contributed by atoms with Crippen LogP contribution in [0.2, 0.25) is 0 Å². The van der Waals surface area contributed by atoms with E-state index in [1.54, 1.807) is 13.1 Å². The zero-order chi connectivity index (χ0) is 16.4. The lowest BCUT2D eigenvalue weighted by Crippen LogP contribution is -2.14. The Morgan fingerprint density at radius 1 is 1.52 bits per heavy atom. The summed E-state index contributed by atoms with van der Waals surface area (Å²) < 4.78 is 2.11. The third-order valence-electron chi connectivity index (χ3n) is 2.74. The zero-order valence-electron chi connectivity index (χ0n) is 11.7. The number of carbonyl (C=O) groups excluding carboxylic acids is 1. The molecule has 0 bridgehead atoms. The van der Waals surface area contributed by atoms with Gasteiger partial charge >= 0.3 is 0 Å². The molecule has 0 atom stereocenters. The van der Waals surface area contributed by atoms with Crippen molar-refractivity contribution in [2.75, 3.05) is 11.1 Å². The number of aryl methyl sites for hydroxylation is 1. The molecule has 0 unspecified atom stereocenters. The van der Waals surface area contributed by atoms with Crippen LogP contribution in [0.4, 0.5) is 10.8 Å². The fourth-order valence-corrected chi connectivity index (χ4v) is 3.27. The van der Waals surface area contributed by atoms with Crippen LogP contribution in [0.5, 0.6) is 0 Å². The summed E-state index contributed by atoms with van der Waals surface area (Å²) in [5.74, 6) is -0.129. The summed E-state index contributed by atoms with van der Waals surface area (Å²) in [4.78, 5) is 26.4. The van der Waals surface area contributed by atoms with E-state index in [1.165, 1.54) is 39.9 Å². The van der Waals surface area contributed by atoms with Crippen molar-refractivity contribution in [1.82, 2.24) is 25.2 Å². The summed E-state index contributed by atoms with van der Waals surface area (Å²) in [6.07, 6.45) is 0. The summed E-state index contributed by atoms with van der Waals surface area (Å²) in [5.41, 5.74) is 0.588. The summed E-state index contributed by atoms with van der Waals surface area (Å²) in [6, 6.07) is 4.37. The third kappa shape index (κ3) is 3.43. The fourth-order valence-electron chi connectivity index (χ4n) is 1.71. The van der Waals surface area contributed by atoms with Gasteiger partial charge in [-0.1, -0.05) is 23.1 Å². The molecule has 0 saturated heterocycles. The van der Waals surface area contributed by atoms with Crippen molar-refractivity contribution < 1.29 is 9.72 Å². The van der Waals surface area contributed by atoms with E-state index in [4.69, 9.17) is 0 Å². The summed E-state index contributed by atoms with van der Waals surface area (Å²) in [6.45, 7) is 0. The number of anilines is 1. The summed E-state index contributed by atoms with van der Waals surface area (Å²) >= 11 is 2.38. The monoisotopic (exact) mass is 351 g/mol. The Kier molecular flexibility index (Phi) is 4.16. The van der Waals surface area contributed by atoms with Gasteiger partial charge in [-0.25, -0.2) is 9.67 Å². The highest BCUT2D eigenvalue weighted by Gasteiger charge is 2.13. The number of non-ortho nitro benzene ring substituents is 1. The summed E-state index contributed by atoms with van der Waals surface area (Å²) in [5, 5.41) is 25.2. The van der Waals surface area contributed by atoms with Crippen LogP contribution in [0.1, 0.15) is 0 Å². The van der Waals surface area contributed by atoms with E-state index in [0.717, 1.165) is 0 Å². The average Bonchev–Trinajstić information content (AvgIpc) is 3.09. The van der Waals surface area contributed by atoms with Gasteiger partial charge in [-0.05, 0) is 16.5 Å². The maximum atomic E-state index is 11.9. The molecule has 0 aliphatic carbocycles. The van der Waals surface area contributed by atoms with Gasteiger partial charge < -0.3 is 5.32 Å². The molecule has 0 aliphatic heterocycles. The van der Waals surface area contributed by atoms with Crippen molar-refractivity contribution in [3.63, 3.8) is 0 Å². The third-order valence-corrected chi connectivity index (χ3v) is 4.69. The lowest BCUT2D eigenvalue weighted by atomic mass is 10.3. The number of thioether (sulfide) groups is 1. The fraction of sp³-hybridized carbons (Fsp3) is 0.182. The van der Waals surface area contributed by atoms with Crippen LogP contribution in [0.25, 0.3) is 10.2 Å². The molecule has 12 heteroatoms. The Labute approximate surface area is 137 Å². The van der Waals surface area contributed by atoms with Crippen LogP contribution in [0.15, 0.2) is 23.4 Å². The number of aromatic nitrogens is 5. The molecule has 0 fully saturated rings. The number of nitrogens with zero attached hydrogens (tertiary/aromatic N) is 6. The SMILES string of the molecule is Cn1nnnc1SCC(=O)Nc1nc2ccc([N+](=O)[O-])cc2s1. The Bertz CT molecular complexity index is 891. The number of benzene rings is 1. The van der Waals surface area contributed by atoms with Gasteiger partial charge in [-0.2, -0.15) is 0 Å². The number of nitro benzene ring substituents is 1. The van der Waals surface area contributed by atoms with Crippen molar-refractivity contribution in [3.05, 3.63) is 28.3 Å². The second kappa shape index (κ2) is 6.26. The standard InChI is InChI=1S/C11H9N7O3S2/c1-17-11(14-15-16-17)22-5-9(19)13-10-12-7-3-2-6(18(20)21)4-8(7)23-10/h2-4H,5H2,1H3,(H,12,13,19). The highest BCUT2D eigenvalue weighted by atomic mass is 32.2. The van der Waals surface area contributed by atoms with Crippen molar-refractivity contribution >= 4 is 50.0 Å². The number of carbonyl (C=O) groups is 1. The molecule has 1 aromatic carbocycles. The first-order chi connectivity index (χ1) is 11.0. The largest absolute Gasteiger partial charge is 0.301 e. The van der Waals surface area contributed by atoms with Crippen molar-refractivity contribution in [1.29, 1.82) is 0 Å². The molecule has 10 nitrogen and oxygen atoms in total. The quantitative estimate of drug-likeness (QED) is 0.415. The number of tetrazole rings is 1. The first-order valence-electron chi connectivity index (χ1n) is 6.23. The minimum absolute atomic E-state index is 0.00985. The van der Waals surface area contributed by atoms with Gasteiger partial charge in [0.05, 0.1) is 20.9 Å². The first-order valence-corrected chi connectivity index (χ1v) is 8.03. The maximum Gasteiger partial charge on any atom is 0.270 e. The van der Waals surface area contributed by atoms with Crippen molar-refractivity contribution in [2.45, 2.75) is 5.16 Å². The molecule has 3 aromatic rings. The Morgan fingerprint density at radius 2 is 2.35 bits per heavy atom. The molecule has 2 aromatic heterocycles. The highest BCUT2D eigenvalue weighted by Crippen LogP contribution is 2.29. The normalized spacial score (nSPS) is 10.8.